The normalized spacial score (nSPS) is 13.4. The zero-order valence-electron chi connectivity index (χ0n) is 12.0. The van der Waals surface area contributed by atoms with Gasteiger partial charge in [-0.05, 0) is 47.5 Å². The number of ether oxygens (including phenoxy) is 2. The van der Waals surface area contributed by atoms with E-state index in [9.17, 15) is 4.79 Å². The molecule has 20 heavy (non-hydrogen) atoms. The summed E-state index contributed by atoms with van der Waals surface area (Å²) in [6.07, 6.45) is 1.12. The summed E-state index contributed by atoms with van der Waals surface area (Å²) >= 11 is 3.43. The molecule has 0 saturated heterocycles. The van der Waals surface area contributed by atoms with Gasteiger partial charge < -0.3 is 14.8 Å². The first-order valence-electron chi connectivity index (χ1n) is 6.36. The molecule has 4 nitrogen and oxygen atoms in total. The Bertz CT molecular complexity index is 476. The Morgan fingerprint density at radius 3 is 2.75 bits per heavy atom. The predicted octanol–water partition coefficient (Wildman–Crippen LogP) is 3.23. The first-order valence-corrected chi connectivity index (χ1v) is 7.15. The average Bonchev–Trinajstić information content (AvgIpc) is 2.44. The van der Waals surface area contributed by atoms with Gasteiger partial charge in [-0.3, -0.25) is 4.79 Å². The third-order valence-electron chi connectivity index (χ3n) is 2.87. The number of carbonyl (C=O) groups excluding carboxylic acids is 1. The lowest BCUT2D eigenvalue weighted by atomic mass is 10.1. The second kappa shape index (κ2) is 8.07. The summed E-state index contributed by atoms with van der Waals surface area (Å²) in [6, 6.07) is 5.60. The van der Waals surface area contributed by atoms with Gasteiger partial charge in [-0.2, -0.15) is 0 Å². The van der Waals surface area contributed by atoms with Crippen molar-refractivity contribution in [3.63, 3.8) is 0 Å². The predicted molar refractivity (Wildman–Crippen MR) is 82.9 cm³/mol. The lowest BCUT2D eigenvalue weighted by Gasteiger charge is -2.18. The third kappa shape index (κ3) is 4.65. The fraction of sp³-hybridized carbons (Fsp3) is 0.400. The van der Waals surface area contributed by atoms with Crippen LogP contribution in [0.2, 0.25) is 0 Å². The Morgan fingerprint density at radius 1 is 1.50 bits per heavy atom. The first kappa shape index (κ1) is 16.7. The van der Waals surface area contributed by atoms with Crippen molar-refractivity contribution in [2.24, 2.45) is 0 Å². The maximum atomic E-state index is 11.9. The molecule has 0 fully saturated rings. The molecule has 5 heteroatoms. The number of nitrogens with one attached hydrogen (secondary N) is 1. The fourth-order valence-electron chi connectivity index (χ4n) is 1.65. The molecular formula is C15H20BrNO3. The van der Waals surface area contributed by atoms with Crippen molar-refractivity contribution in [3.05, 3.63) is 40.9 Å². The number of hydrogen-bond donors (Lipinski definition) is 1. The van der Waals surface area contributed by atoms with Crippen LogP contribution < -0.4 is 10.1 Å². The molecule has 0 aliphatic heterocycles. The zero-order chi connectivity index (χ0) is 15.1. The van der Waals surface area contributed by atoms with Crippen LogP contribution in [0.4, 0.5) is 0 Å². The van der Waals surface area contributed by atoms with Crippen LogP contribution >= 0.6 is 15.9 Å². The van der Waals surface area contributed by atoms with E-state index >= 15 is 0 Å². The standard InChI is InChI=1S/C15H20BrNO3/c1-5-8-20-11(3)15(18)17-10(2)12-6-7-14(19-4)13(16)9-12/h5-7,9-11H,1,8H2,2-4H3,(H,17,18)/t10-,11-/m1/s1. The van der Waals surface area contributed by atoms with E-state index in [1.807, 2.05) is 25.1 Å². The quantitative estimate of drug-likeness (QED) is 0.774. The number of amides is 1. The lowest BCUT2D eigenvalue weighted by Crippen LogP contribution is -2.36. The molecule has 1 rings (SSSR count). The fourth-order valence-corrected chi connectivity index (χ4v) is 2.21. The monoisotopic (exact) mass is 341 g/mol. The molecule has 0 heterocycles. The van der Waals surface area contributed by atoms with Gasteiger partial charge in [-0.15, -0.1) is 6.58 Å². The van der Waals surface area contributed by atoms with Gasteiger partial charge in [0.1, 0.15) is 11.9 Å². The molecule has 0 aliphatic carbocycles. The van der Waals surface area contributed by atoms with Crippen molar-refractivity contribution in [2.45, 2.75) is 26.0 Å². The molecule has 0 bridgehead atoms. The van der Waals surface area contributed by atoms with Gasteiger partial charge in [0.25, 0.3) is 0 Å². The Labute approximate surface area is 128 Å². The summed E-state index contributed by atoms with van der Waals surface area (Å²) in [6.45, 7) is 7.55. The van der Waals surface area contributed by atoms with Crippen LogP contribution in [0.5, 0.6) is 5.75 Å². The van der Waals surface area contributed by atoms with E-state index in [0.29, 0.717) is 6.61 Å². The first-order chi connectivity index (χ1) is 9.49. The molecule has 1 N–H and O–H groups in total. The molecule has 0 aliphatic rings. The minimum atomic E-state index is -0.503. The van der Waals surface area contributed by atoms with Crippen LogP contribution in [0.15, 0.2) is 35.3 Å². The number of halogens is 1. The van der Waals surface area contributed by atoms with Crippen molar-refractivity contribution in [2.75, 3.05) is 13.7 Å². The van der Waals surface area contributed by atoms with Crippen molar-refractivity contribution in [1.82, 2.24) is 5.32 Å². The molecule has 0 spiro atoms. The molecule has 0 radical (unpaired) electrons. The van der Waals surface area contributed by atoms with Crippen LogP contribution in [-0.4, -0.2) is 25.7 Å². The van der Waals surface area contributed by atoms with E-state index in [0.717, 1.165) is 15.8 Å². The van der Waals surface area contributed by atoms with Crippen LogP contribution in [0.25, 0.3) is 0 Å². The number of benzene rings is 1. The highest BCUT2D eigenvalue weighted by molar-refractivity contribution is 9.10. The smallest absolute Gasteiger partial charge is 0.249 e. The summed E-state index contributed by atoms with van der Waals surface area (Å²) in [7, 11) is 1.61. The molecule has 110 valence electrons. The van der Waals surface area contributed by atoms with Gasteiger partial charge >= 0.3 is 0 Å². The van der Waals surface area contributed by atoms with E-state index in [-0.39, 0.29) is 11.9 Å². The van der Waals surface area contributed by atoms with E-state index < -0.39 is 6.10 Å². The molecule has 1 amide bonds. The van der Waals surface area contributed by atoms with Crippen LogP contribution in [-0.2, 0) is 9.53 Å². The van der Waals surface area contributed by atoms with E-state index in [1.165, 1.54) is 0 Å². The highest BCUT2D eigenvalue weighted by Gasteiger charge is 2.16. The summed E-state index contributed by atoms with van der Waals surface area (Å²) in [5.74, 6) is 0.612. The summed E-state index contributed by atoms with van der Waals surface area (Å²) in [5.41, 5.74) is 0.988. The molecular weight excluding hydrogens is 322 g/mol. The molecule has 2 atom stereocenters. The van der Waals surface area contributed by atoms with E-state index in [4.69, 9.17) is 9.47 Å². The van der Waals surface area contributed by atoms with Gasteiger partial charge in [-0.25, -0.2) is 0 Å². The molecule has 0 saturated carbocycles. The molecule has 1 aromatic carbocycles. The molecule has 0 unspecified atom stereocenters. The van der Waals surface area contributed by atoms with Gasteiger partial charge in [-0.1, -0.05) is 12.1 Å². The minimum Gasteiger partial charge on any atom is -0.496 e. The SMILES string of the molecule is C=CCO[C@H](C)C(=O)N[C@H](C)c1ccc(OC)c(Br)c1. The Hall–Kier alpha value is -1.33. The average molecular weight is 342 g/mol. The van der Waals surface area contributed by atoms with Gasteiger partial charge in [0.05, 0.1) is 24.2 Å². The van der Waals surface area contributed by atoms with Crippen molar-refractivity contribution in [3.8, 4) is 5.75 Å². The zero-order valence-corrected chi connectivity index (χ0v) is 13.6. The van der Waals surface area contributed by atoms with Crippen molar-refractivity contribution >= 4 is 21.8 Å². The van der Waals surface area contributed by atoms with Crippen LogP contribution in [0.1, 0.15) is 25.5 Å². The Morgan fingerprint density at radius 2 is 2.20 bits per heavy atom. The van der Waals surface area contributed by atoms with Gasteiger partial charge in [0.15, 0.2) is 0 Å². The van der Waals surface area contributed by atoms with Crippen LogP contribution in [0.3, 0.4) is 0 Å². The maximum Gasteiger partial charge on any atom is 0.249 e. The van der Waals surface area contributed by atoms with Gasteiger partial charge in [0.2, 0.25) is 5.91 Å². The largest absolute Gasteiger partial charge is 0.496 e. The molecule has 1 aromatic rings. The van der Waals surface area contributed by atoms with Crippen molar-refractivity contribution in [1.29, 1.82) is 0 Å². The summed E-state index contributed by atoms with van der Waals surface area (Å²) in [4.78, 5) is 11.9. The number of rotatable bonds is 7. The van der Waals surface area contributed by atoms with E-state index in [1.54, 1.807) is 20.1 Å². The molecule has 0 aromatic heterocycles. The third-order valence-corrected chi connectivity index (χ3v) is 3.49. The number of carbonyl (C=O) groups is 1. The second-order valence-corrected chi connectivity index (χ2v) is 5.24. The summed E-state index contributed by atoms with van der Waals surface area (Å²) in [5, 5.41) is 2.91. The second-order valence-electron chi connectivity index (χ2n) is 4.39. The topological polar surface area (TPSA) is 47.6 Å². The van der Waals surface area contributed by atoms with Crippen molar-refractivity contribution < 1.29 is 14.3 Å². The van der Waals surface area contributed by atoms with Crippen LogP contribution in [0, 0.1) is 0 Å². The maximum absolute atomic E-state index is 11.9. The summed E-state index contributed by atoms with van der Waals surface area (Å²) < 4.78 is 11.3. The highest BCUT2D eigenvalue weighted by Crippen LogP contribution is 2.27. The number of hydrogen-bond acceptors (Lipinski definition) is 3. The van der Waals surface area contributed by atoms with Gasteiger partial charge in [0, 0.05) is 0 Å². The number of methoxy groups -OCH3 is 1. The van der Waals surface area contributed by atoms with E-state index in [2.05, 4.69) is 27.8 Å². The minimum absolute atomic E-state index is 0.112. The lowest BCUT2D eigenvalue weighted by molar-refractivity contribution is -0.131. The highest BCUT2D eigenvalue weighted by atomic mass is 79.9. The Balaban J connectivity index is 2.66. The Kier molecular flexibility index (Phi) is 6.75.